The van der Waals surface area contributed by atoms with Gasteiger partial charge in [-0.3, -0.25) is 0 Å². The molecule has 1 aromatic carbocycles. The maximum atomic E-state index is 6.04. The quantitative estimate of drug-likeness (QED) is 0.877. The zero-order valence-corrected chi connectivity index (χ0v) is 10.6. The number of imidazole rings is 1. The topological polar surface area (TPSA) is 43.8 Å². The van der Waals surface area contributed by atoms with E-state index >= 15 is 0 Å². The minimum absolute atomic E-state index is 0.551. The molecule has 1 aromatic heterocycles. The van der Waals surface area contributed by atoms with Crippen LogP contribution in [0.2, 0.25) is 0 Å². The standard InChI is InChI=1S/C14H19N3/c1-4-17-9-16-13(14(17)15)12-7-5-11(6-8-12)10(2)3/h5-10H,4,15H2,1-3H3. The average molecular weight is 229 g/mol. The number of rotatable bonds is 3. The third-order valence-electron chi connectivity index (χ3n) is 3.07. The highest BCUT2D eigenvalue weighted by Gasteiger charge is 2.09. The number of benzene rings is 1. The fourth-order valence-electron chi connectivity index (χ4n) is 1.89. The van der Waals surface area contributed by atoms with E-state index < -0.39 is 0 Å². The van der Waals surface area contributed by atoms with Crippen LogP contribution in [0.15, 0.2) is 30.6 Å². The molecule has 3 nitrogen and oxygen atoms in total. The van der Waals surface area contributed by atoms with Crippen molar-refractivity contribution in [3.63, 3.8) is 0 Å². The van der Waals surface area contributed by atoms with Gasteiger partial charge in [-0.15, -0.1) is 0 Å². The molecule has 0 fully saturated rings. The van der Waals surface area contributed by atoms with E-state index in [1.54, 1.807) is 6.33 Å². The zero-order valence-electron chi connectivity index (χ0n) is 10.6. The lowest BCUT2D eigenvalue weighted by atomic mass is 10.0. The Bertz CT molecular complexity index is 495. The van der Waals surface area contributed by atoms with Crippen molar-refractivity contribution < 1.29 is 0 Å². The predicted octanol–water partition coefficient (Wildman–Crippen LogP) is 3.28. The number of anilines is 1. The lowest BCUT2D eigenvalue weighted by Gasteiger charge is -2.06. The Hall–Kier alpha value is -1.77. The Morgan fingerprint density at radius 1 is 1.24 bits per heavy atom. The van der Waals surface area contributed by atoms with Gasteiger partial charge in [-0.2, -0.15) is 0 Å². The predicted molar refractivity (Wildman–Crippen MR) is 71.8 cm³/mol. The van der Waals surface area contributed by atoms with Gasteiger partial charge in [-0.25, -0.2) is 4.98 Å². The van der Waals surface area contributed by atoms with Gasteiger partial charge < -0.3 is 10.3 Å². The van der Waals surface area contributed by atoms with Gasteiger partial charge in [0.2, 0.25) is 0 Å². The van der Waals surface area contributed by atoms with Crippen molar-refractivity contribution in [1.82, 2.24) is 9.55 Å². The van der Waals surface area contributed by atoms with E-state index in [4.69, 9.17) is 5.73 Å². The summed E-state index contributed by atoms with van der Waals surface area (Å²) < 4.78 is 1.95. The molecule has 17 heavy (non-hydrogen) atoms. The molecule has 3 heteroatoms. The van der Waals surface area contributed by atoms with Crippen molar-refractivity contribution in [3.05, 3.63) is 36.2 Å². The highest BCUT2D eigenvalue weighted by molar-refractivity contribution is 5.70. The van der Waals surface area contributed by atoms with Crippen LogP contribution in [-0.4, -0.2) is 9.55 Å². The van der Waals surface area contributed by atoms with Crippen LogP contribution < -0.4 is 5.73 Å². The minimum atomic E-state index is 0.551. The molecule has 2 rings (SSSR count). The number of aryl methyl sites for hydroxylation is 1. The first-order valence-electron chi connectivity index (χ1n) is 6.04. The van der Waals surface area contributed by atoms with Crippen LogP contribution in [0.5, 0.6) is 0 Å². The molecule has 90 valence electrons. The molecule has 0 radical (unpaired) electrons. The summed E-state index contributed by atoms with van der Waals surface area (Å²) in [4.78, 5) is 4.37. The first-order chi connectivity index (χ1) is 8.13. The van der Waals surface area contributed by atoms with E-state index in [1.165, 1.54) is 5.56 Å². The van der Waals surface area contributed by atoms with Crippen LogP contribution in [0.3, 0.4) is 0 Å². The molecule has 0 amide bonds. The van der Waals surface area contributed by atoms with Crippen LogP contribution in [0.4, 0.5) is 5.82 Å². The Morgan fingerprint density at radius 3 is 2.35 bits per heavy atom. The summed E-state index contributed by atoms with van der Waals surface area (Å²) in [5.74, 6) is 1.29. The van der Waals surface area contributed by atoms with Gasteiger partial charge in [0.25, 0.3) is 0 Å². The molecule has 1 heterocycles. The summed E-state index contributed by atoms with van der Waals surface area (Å²) in [6.45, 7) is 7.29. The number of nitrogen functional groups attached to an aromatic ring is 1. The van der Waals surface area contributed by atoms with E-state index in [-0.39, 0.29) is 0 Å². The van der Waals surface area contributed by atoms with Gasteiger partial charge in [0.1, 0.15) is 11.5 Å². The Labute approximate surface area is 102 Å². The minimum Gasteiger partial charge on any atom is -0.383 e. The van der Waals surface area contributed by atoms with Gasteiger partial charge in [0.05, 0.1) is 6.33 Å². The molecule has 0 aliphatic heterocycles. The summed E-state index contributed by atoms with van der Waals surface area (Å²) in [6, 6.07) is 8.47. The molecular weight excluding hydrogens is 210 g/mol. The van der Waals surface area contributed by atoms with Crippen LogP contribution in [0, 0.1) is 0 Å². The Kier molecular flexibility index (Phi) is 3.18. The molecule has 0 aliphatic carbocycles. The van der Waals surface area contributed by atoms with E-state index in [0.717, 1.165) is 23.6 Å². The fraction of sp³-hybridized carbons (Fsp3) is 0.357. The molecule has 0 aliphatic rings. The third-order valence-corrected chi connectivity index (χ3v) is 3.07. The third kappa shape index (κ3) is 2.18. The Balaban J connectivity index is 2.36. The molecule has 0 spiro atoms. The zero-order chi connectivity index (χ0) is 12.4. The van der Waals surface area contributed by atoms with E-state index in [0.29, 0.717) is 5.92 Å². The van der Waals surface area contributed by atoms with Crippen LogP contribution >= 0.6 is 0 Å². The number of hydrogen-bond donors (Lipinski definition) is 1. The normalized spacial score (nSPS) is 11.1. The van der Waals surface area contributed by atoms with Crippen LogP contribution in [0.1, 0.15) is 32.3 Å². The highest BCUT2D eigenvalue weighted by Crippen LogP contribution is 2.25. The SMILES string of the molecule is CCn1cnc(-c2ccc(C(C)C)cc2)c1N. The van der Waals surface area contributed by atoms with Gasteiger partial charge >= 0.3 is 0 Å². The second kappa shape index (κ2) is 4.62. The maximum absolute atomic E-state index is 6.04. The van der Waals surface area contributed by atoms with Crippen molar-refractivity contribution in [2.45, 2.75) is 33.2 Å². The van der Waals surface area contributed by atoms with E-state index in [1.807, 2.05) is 4.57 Å². The van der Waals surface area contributed by atoms with Crippen LogP contribution in [0.25, 0.3) is 11.3 Å². The van der Waals surface area contributed by atoms with Crippen molar-refractivity contribution >= 4 is 5.82 Å². The number of nitrogens with zero attached hydrogens (tertiary/aromatic N) is 2. The van der Waals surface area contributed by atoms with Gasteiger partial charge in [-0.05, 0) is 18.4 Å². The molecule has 0 bridgehead atoms. The lowest BCUT2D eigenvalue weighted by Crippen LogP contribution is -1.99. The summed E-state index contributed by atoms with van der Waals surface area (Å²) >= 11 is 0. The summed E-state index contributed by atoms with van der Waals surface area (Å²) in [5.41, 5.74) is 9.34. The summed E-state index contributed by atoms with van der Waals surface area (Å²) in [6.07, 6.45) is 1.79. The molecular formula is C14H19N3. The van der Waals surface area contributed by atoms with Gasteiger partial charge in [0, 0.05) is 12.1 Å². The largest absolute Gasteiger partial charge is 0.383 e. The molecule has 0 unspecified atom stereocenters. The Morgan fingerprint density at radius 2 is 1.88 bits per heavy atom. The van der Waals surface area contributed by atoms with Gasteiger partial charge in [-0.1, -0.05) is 38.1 Å². The number of hydrogen-bond acceptors (Lipinski definition) is 2. The number of nitrogens with two attached hydrogens (primary N) is 1. The molecule has 0 saturated carbocycles. The van der Waals surface area contributed by atoms with E-state index in [2.05, 4.69) is 50.0 Å². The highest BCUT2D eigenvalue weighted by atomic mass is 15.1. The first kappa shape index (κ1) is 11.7. The smallest absolute Gasteiger partial charge is 0.131 e. The second-order valence-corrected chi connectivity index (χ2v) is 4.54. The number of aromatic nitrogens is 2. The molecule has 2 aromatic rings. The lowest BCUT2D eigenvalue weighted by molar-refractivity contribution is 0.771. The average Bonchev–Trinajstić information content (AvgIpc) is 2.70. The molecule has 0 saturated heterocycles. The van der Waals surface area contributed by atoms with Gasteiger partial charge in [0.15, 0.2) is 0 Å². The van der Waals surface area contributed by atoms with Crippen molar-refractivity contribution in [3.8, 4) is 11.3 Å². The van der Waals surface area contributed by atoms with E-state index in [9.17, 15) is 0 Å². The summed E-state index contributed by atoms with van der Waals surface area (Å²) in [7, 11) is 0. The van der Waals surface area contributed by atoms with Crippen LogP contribution in [-0.2, 0) is 6.54 Å². The van der Waals surface area contributed by atoms with Crippen molar-refractivity contribution in [1.29, 1.82) is 0 Å². The maximum Gasteiger partial charge on any atom is 0.131 e. The first-order valence-corrected chi connectivity index (χ1v) is 6.04. The van der Waals surface area contributed by atoms with Crippen molar-refractivity contribution in [2.24, 2.45) is 0 Å². The second-order valence-electron chi connectivity index (χ2n) is 4.54. The monoisotopic (exact) mass is 229 g/mol. The summed E-state index contributed by atoms with van der Waals surface area (Å²) in [5, 5.41) is 0. The molecule has 2 N–H and O–H groups in total. The molecule has 0 atom stereocenters. The van der Waals surface area contributed by atoms with Crippen molar-refractivity contribution in [2.75, 3.05) is 5.73 Å². The fourth-order valence-corrected chi connectivity index (χ4v) is 1.89.